The molecular formula is C67H70N6O8Si. The SMILES string of the molecule is COc1ccc(C(OC[C@H]2O[C@](n3cnc4c(N)ncnc43)([SiH](c3ccccc3)c3ccccc3)[C@H](OCCCCCNC(=O)OCc3cccc4c3Cc3ccccc3-4)[C@@H]2OC(C)(C)C)(c2ccccc2)c2ccc(OC)cc2)cc1. The monoisotopic (exact) mass is 1110 g/mol. The van der Waals surface area contributed by atoms with Gasteiger partial charge in [-0.3, -0.25) is 4.57 Å². The van der Waals surface area contributed by atoms with Crippen molar-refractivity contribution >= 4 is 42.2 Å². The minimum Gasteiger partial charge on any atom is -0.497 e. The van der Waals surface area contributed by atoms with Gasteiger partial charge < -0.3 is 44.2 Å². The molecular weight excluding hydrogens is 1040 g/mol. The number of amides is 1. The van der Waals surface area contributed by atoms with Crippen molar-refractivity contribution in [3.05, 3.63) is 228 Å². The fourth-order valence-corrected chi connectivity index (χ4v) is 15.9. The van der Waals surface area contributed by atoms with Crippen LogP contribution in [-0.4, -0.2) is 92.3 Å². The van der Waals surface area contributed by atoms with Crippen LogP contribution in [0.4, 0.5) is 10.6 Å². The molecule has 1 aliphatic heterocycles. The van der Waals surface area contributed by atoms with E-state index in [4.69, 9.17) is 48.9 Å². The number of nitrogen functional groups attached to an aromatic ring is 1. The molecule has 1 saturated heterocycles. The fraction of sp³-hybridized carbons (Fsp3) is 0.284. The molecule has 82 heavy (non-hydrogen) atoms. The first-order chi connectivity index (χ1) is 40.0. The number of nitrogens with one attached hydrogen (secondary N) is 1. The highest BCUT2D eigenvalue weighted by atomic mass is 28.3. The Bertz CT molecular complexity index is 3500. The van der Waals surface area contributed by atoms with Crippen molar-refractivity contribution in [1.29, 1.82) is 0 Å². The first kappa shape index (κ1) is 55.7. The molecule has 1 fully saturated rings. The van der Waals surface area contributed by atoms with Crippen LogP contribution in [0.2, 0.25) is 0 Å². The maximum atomic E-state index is 13.2. The average molecular weight is 1120 g/mol. The number of nitrogens with two attached hydrogens (primary N) is 1. The molecule has 15 heteroatoms. The summed E-state index contributed by atoms with van der Waals surface area (Å²) in [6.45, 7) is 7.16. The number of anilines is 1. The van der Waals surface area contributed by atoms with Gasteiger partial charge in [0.25, 0.3) is 0 Å². The third-order valence-corrected chi connectivity index (χ3v) is 19.3. The highest BCUT2D eigenvalue weighted by molar-refractivity contribution is 6.86. The minimum atomic E-state index is -2.80. The summed E-state index contributed by atoms with van der Waals surface area (Å²) in [6.07, 6.45) is 3.43. The summed E-state index contributed by atoms with van der Waals surface area (Å²) in [5.41, 5.74) is 14.3. The summed E-state index contributed by atoms with van der Waals surface area (Å²) in [4.78, 5) is 27.4. The molecule has 3 heterocycles. The Hall–Kier alpha value is -8.18. The Labute approximate surface area is 481 Å². The van der Waals surface area contributed by atoms with Crippen LogP contribution in [0.3, 0.4) is 0 Å². The van der Waals surface area contributed by atoms with Crippen LogP contribution >= 0.6 is 0 Å². The van der Waals surface area contributed by atoms with Gasteiger partial charge in [0.2, 0.25) is 0 Å². The molecule has 1 amide bonds. The molecule has 2 aliphatic rings. The Morgan fingerprint density at radius 3 is 1.96 bits per heavy atom. The van der Waals surface area contributed by atoms with E-state index in [9.17, 15) is 4.79 Å². The van der Waals surface area contributed by atoms with Crippen molar-refractivity contribution in [3.8, 4) is 22.6 Å². The van der Waals surface area contributed by atoms with Gasteiger partial charge in [0, 0.05) is 13.2 Å². The van der Waals surface area contributed by atoms with Gasteiger partial charge in [-0.05, 0) is 115 Å². The van der Waals surface area contributed by atoms with Gasteiger partial charge in [-0.25, -0.2) is 19.7 Å². The van der Waals surface area contributed by atoms with Gasteiger partial charge in [0.15, 0.2) is 25.6 Å². The maximum absolute atomic E-state index is 13.2. The summed E-state index contributed by atoms with van der Waals surface area (Å²) in [5.74, 6) is 1.67. The van der Waals surface area contributed by atoms with Crippen LogP contribution in [0.25, 0.3) is 22.3 Å². The predicted molar refractivity (Wildman–Crippen MR) is 321 cm³/mol. The van der Waals surface area contributed by atoms with E-state index in [1.807, 2.05) is 95.6 Å². The zero-order valence-electron chi connectivity index (χ0n) is 47.1. The summed E-state index contributed by atoms with van der Waals surface area (Å²) < 4.78 is 50.0. The number of aromatic nitrogens is 4. The molecule has 7 aromatic carbocycles. The number of ether oxygens (including phenoxy) is 7. The lowest BCUT2D eigenvalue weighted by Crippen LogP contribution is -2.67. The van der Waals surface area contributed by atoms with Crippen molar-refractivity contribution < 1.29 is 38.0 Å². The molecule has 0 radical (unpaired) electrons. The number of nitrogens with zero attached hydrogens (tertiary/aromatic N) is 4. The highest BCUT2D eigenvalue weighted by Crippen LogP contribution is 2.47. The van der Waals surface area contributed by atoms with Gasteiger partial charge in [-0.1, -0.05) is 168 Å². The van der Waals surface area contributed by atoms with Gasteiger partial charge in [0.1, 0.15) is 53.9 Å². The number of alkyl carbamates (subject to hydrolysis) is 1. The molecule has 11 rings (SSSR count). The fourth-order valence-electron chi connectivity index (χ4n) is 12.0. The maximum Gasteiger partial charge on any atom is 0.407 e. The quantitative estimate of drug-likeness (QED) is 0.0376. The molecule has 0 bridgehead atoms. The van der Waals surface area contributed by atoms with Crippen LogP contribution in [-0.2, 0) is 47.7 Å². The summed E-state index contributed by atoms with van der Waals surface area (Å²) in [5, 5.41) is 3.84. The number of rotatable bonds is 22. The van der Waals surface area contributed by atoms with E-state index in [1.54, 1.807) is 20.5 Å². The van der Waals surface area contributed by atoms with Gasteiger partial charge in [-0.15, -0.1) is 0 Å². The lowest BCUT2D eigenvalue weighted by molar-refractivity contribution is -0.142. The van der Waals surface area contributed by atoms with Crippen LogP contribution in [0, 0.1) is 0 Å². The molecule has 4 atom stereocenters. The number of hydrogen-bond donors (Lipinski definition) is 2. The molecule has 1 aliphatic carbocycles. The second-order valence-electron chi connectivity index (χ2n) is 21.9. The van der Waals surface area contributed by atoms with E-state index >= 15 is 0 Å². The Morgan fingerprint density at radius 2 is 1.32 bits per heavy atom. The van der Waals surface area contributed by atoms with Gasteiger partial charge in [0.05, 0.1) is 32.8 Å². The Balaban J connectivity index is 0.945. The number of methoxy groups -OCH3 is 2. The van der Waals surface area contributed by atoms with E-state index in [0.717, 1.165) is 45.5 Å². The predicted octanol–water partition coefficient (Wildman–Crippen LogP) is 10.3. The Morgan fingerprint density at radius 1 is 0.707 bits per heavy atom. The third-order valence-electron chi connectivity index (χ3n) is 15.7. The van der Waals surface area contributed by atoms with Gasteiger partial charge >= 0.3 is 6.09 Å². The number of hydrogen-bond acceptors (Lipinski definition) is 12. The zero-order chi connectivity index (χ0) is 56.7. The zero-order valence-corrected chi connectivity index (χ0v) is 48.2. The summed E-state index contributed by atoms with van der Waals surface area (Å²) in [6, 6.07) is 62.0. The van der Waals surface area contributed by atoms with Crippen molar-refractivity contribution in [1.82, 2.24) is 24.8 Å². The Kier molecular flexibility index (Phi) is 16.6. The second kappa shape index (κ2) is 24.5. The van der Waals surface area contributed by atoms with E-state index in [1.165, 1.54) is 28.6 Å². The van der Waals surface area contributed by atoms with E-state index in [-0.39, 0.29) is 19.0 Å². The van der Waals surface area contributed by atoms with Crippen molar-refractivity contribution in [2.75, 3.05) is 39.7 Å². The minimum absolute atomic E-state index is 0.0337. The summed E-state index contributed by atoms with van der Waals surface area (Å²) >= 11 is 0. The third kappa shape index (κ3) is 11.3. The molecule has 420 valence electrons. The molecule has 0 spiro atoms. The first-order valence-corrected chi connectivity index (χ1v) is 29.8. The molecule has 0 saturated carbocycles. The van der Waals surface area contributed by atoms with Crippen molar-refractivity contribution in [3.63, 3.8) is 0 Å². The van der Waals surface area contributed by atoms with E-state index in [0.29, 0.717) is 48.7 Å². The first-order valence-electron chi connectivity index (χ1n) is 28.1. The number of carbonyl (C=O) groups is 1. The molecule has 9 aromatic rings. The van der Waals surface area contributed by atoms with Crippen molar-refractivity contribution in [2.45, 2.75) is 87.9 Å². The smallest absolute Gasteiger partial charge is 0.407 e. The van der Waals surface area contributed by atoms with E-state index < -0.39 is 49.8 Å². The molecule has 0 unspecified atom stereocenters. The molecule has 2 aromatic heterocycles. The largest absolute Gasteiger partial charge is 0.497 e. The lowest BCUT2D eigenvalue weighted by atomic mass is 9.80. The van der Waals surface area contributed by atoms with Crippen LogP contribution in [0.15, 0.2) is 195 Å². The lowest BCUT2D eigenvalue weighted by Gasteiger charge is -2.43. The molecule has 3 N–H and O–H groups in total. The van der Waals surface area contributed by atoms with Crippen LogP contribution < -0.4 is 30.9 Å². The van der Waals surface area contributed by atoms with Crippen molar-refractivity contribution in [2.24, 2.45) is 0 Å². The number of fused-ring (bicyclic) bond motifs is 4. The van der Waals surface area contributed by atoms with E-state index in [2.05, 4.69) is 122 Å². The molecule has 14 nitrogen and oxygen atoms in total. The van der Waals surface area contributed by atoms with Crippen LogP contribution in [0.1, 0.15) is 73.4 Å². The number of unbranched alkanes of at least 4 members (excludes halogenated alkanes) is 2. The normalized spacial score (nSPS) is 17.6. The number of benzene rings is 7. The number of carbonyl (C=O) groups excluding carboxylic acids is 1. The second-order valence-corrected chi connectivity index (χ2v) is 24.9. The number of imidazole rings is 1. The topological polar surface area (TPSA) is 163 Å². The highest BCUT2D eigenvalue weighted by Gasteiger charge is 2.64. The standard InChI is InChI=1S/C67H70N6O8Si/c1-65(2,3)81-60-58(43-79-66(48-23-10-6-11-24-48,49-31-35-51(75-4)36-32-49)50-33-37-52(76-5)38-34-50)80-67(73-45-72-59-62(68)70-44-71-63(59)73,82(53-25-12-7-13-26-53)54-27-14-8-15-28-54)61(60)77-40-19-9-18-39-69-64(74)78-42-47-22-20-30-56-55-29-17-16-21-46(55)41-57(47)56/h6-8,10-17,20-38,44-45,58,60-61,82H,9,18-19,39-43H2,1-5H3,(H,69,74)(H2,68,70,71)/t58-,60-,61-,67+/m1/s1. The summed E-state index contributed by atoms with van der Waals surface area (Å²) in [7, 11) is 0.520. The average Bonchev–Trinajstić information content (AvgIpc) is 2.01. The van der Waals surface area contributed by atoms with Crippen LogP contribution in [0.5, 0.6) is 11.5 Å². The van der Waals surface area contributed by atoms with Gasteiger partial charge in [-0.2, -0.15) is 0 Å².